The zero-order valence-electron chi connectivity index (χ0n) is 21.9. The second-order valence-electron chi connectivity index (χ2n) is 9.07. The standard InChI is InChI=1S/C29H34IN3O4S/c1-4-5-19-31-29(35)23(3)32(20-24-12-10-9-11-22(24)2)28(34)21-33(26-17-15-25(30)16-18-26)38(36,37)27-13-7-6-8-14-27/h6-18,23H,4-5,19-21H2,1-3H3,(H,31,35)/t23-/m1/s1. The molecule has 3 aromatic carbocycles. The van der Waals surface area contributed by atoms with Crippen LogP contribution in [0.5, 0.6) is 0 Å². The number of hydrogen-bond donors (Lipinski definition) is 1. The predicted molar refractivity (Wildman–Crippen MR) is 159 cm³/mol. The highest BCUT2D eigenvalue weighted by Crippen LogP contribution is 2.25. The summed E-state index contributed by atoms with van der Waals surface area (Å²) in [6.07, 6.45) is 1.77. The van der Waals surface area contributed by atoms with E-state index in [9.17, 15) is 18.0 Å². The fourth-order valence-electron chi connectivity index (χ4n) is 3.95. The van der Waals surface area contributed by atoms with Crippen LogP contribution < -0.4 is 9.62 Å². The van der Waals surface area contributed by atoms with E-state index in [-0.39, 0.29) is 17.3 Å². The number of unbranched alkanes of at least 4 members (excludes halogenated alkanes) is 1. The largest absolute Gasteiger partial charge is 0.354 e. The number of sulfonamides is 1. The van der Waals surface area contributed by atoms with Crippen LogP contribution in [0.4, 0.5) is 5.69 Å². The lowest BCUT2D eigenvalue weighted by atomic mass is 10.1. The first-order valence-electron chi connectivity index (χ1n) is 12.6. The number of rotatable bonds is 12. The molecule has 9 heteroatoms. The molecular formula is C29H34IN3O4S. The van der Waals surface area contributed by atoms with Gasteiger partial charge in [0.05, 0.1) is 10.6 Å². The Labute approximate surface area is 239 Å². The molecule has 3 rings (SSSR count). The van der Waals surface area contributed by atoms with Crippen molar-refractivity contribution in [3.63, 3.8) is 0 Å². The highest BCUT2D eigenvalue weighted by molar-refractivity contribution is 14.1. The molecule has 3 aromatic rings. The van der Waals surface area contributed by atoms with E-state index in [1.807, 2.05) is 38.1 Å². The van der Waals surface area contributed by atoms with Gasteiger partial charge in [-0.05, 0) is 90.4 Å². The number of carbonyl (C=O) groups excluding carboxylic acids is 2. The van der Waals surface area contributed by atoms with Gasteiger partial charge in [-0.15, -0.1) is 0 Å². The van der Waals surface area contributed by atoms with Gasteiger partial charge in [0.1, 0.15) is 12.6 Å². The van der Waals surface area contributed by atoms with E-state index in [1.165, 1.54) is 17.0 Å². The molecule has 1 N–H and O–H groups in total. The lowest BCUT2D eigenvalue weighted by Gasteiger charge is -2.32. The van der Waals surface area contributed by atoms with Gasteiger partial charge in [-0.1, -0.05) is 55.8 Å². The highest BCUT2D eigenvalue weighted by Gasteiger charge is 2.32. The van der Waals surface area contributed by atoms with Gasteiger partial charge in [0, 0.05) is 16.7 Å². The fourth-order valence-corrected chi connectivity index (χ4v) is 5.74. The molecule has 0 spiro atoms. The number of halogens is 1. The van der Waals surface area contributed by atoms with Crippen molar-refractivity contribution in [2.75, 3.05) is 17.4 Å². The zero-order chi connectivity index (χ0) is 27.7. The van der Waals surface area contributed by atoms with Crippen molar-refractivity contribution in [1.82, 2.24) is 10.2 Å². The van der Waals surface area contributed by atoms with Crippen molar-refractivity contribution in [3.8, 4) is 0 Å². The van der Waals surface area contributed by atoms with Gasteiger partial charge in [0.25, 0.3) is 10.0 Å². The lowest BCUT2D eigenvalue weighted by Crippen LogP contribution is -2.51. The first kappa shape index (κ1) is 29.6. The summed E-state index contributed by atoms with van der Waals surface area (Å²) in [5.41, 5.74) is 2.24. The number of nitrogens with one attached hydrogen (secondary N) is 1. The third-order valence-electron chi connectivity index (χ3n) is 6.32. The van der Waals surface area contributed by atoms with Crippen molar-refractivity contribution in [1.29, 1.82) is 0 Å². The second-order valence-corrected chi connectivity index (χ2v) is 12.2. The summed E-state index contributed by atoms with van der Waals surface area (Å²) in [4.78, 5) is 28.5. The number of benzene rings is 3. The maximum atomic E-state index is 13.9. The van der Waals surface area contributed by atoms with E-state index in [1.54, 1.807) is 49.4 Å². The van der Waals surface area contributed by atoms with Crippen molar-refractivity contribution < 1.29 is 18.0 Å². The van der Waals surface area contributed by atoms with Gasteiger partial charge in [-0.2, -0.15) is 0 Å². The van der Waals surface area contributed by atoms with Gasteiger partial charge >= 0.3 is 0 Å². The van der Waals surface area contributed by atoms with E-state index in [4.69, 9.17) is 0 Å². The van der Waals surface area contributed by atoms with E-state index in [0.717, 1.165) is 31.8 Å². The third kappa shape index (κ3) is 7.57. The average Bonchev–Trinajstić information content (AvgIpc) is 2.92. The fraction of sp³-hybridized carbons (Fsp3) is 0.310. The minimum Gasteiger partial charge on any atom is -0.354 e. The Morgan fingerprint density at radius 3 is 2.21 bits per heavy atom. The highest BCUT2D eigenvalue weighted by atomic mass is 127. The molecule has 0 unspecified atom stereocenters. The molecule has 0 radical (unpaired) electrons. The monoisotopic (exact) mass is 647 g/mol. The Morgan fingerprint density at radius 1 is 0.947 bits per heavy atom. The van der Waals surface area contributed by atoms with Crippen molar-refractivity contribution in [2.24, 2.45) is 0 Å². The first-order chi connectivity index (χ1) is 18.1. The van der Waals surface area contributed by atoms with E-state index in [2.05, 4.69) is 27.9 Å². The second kappa shape index (κ2) is 13.7. The molecule has 0 saturated heterocycles. The maximum Gasteiger partial charge on any atom is 0.264 e. The van der Waals surface area contributed by atoms with E-state index in [0.29, 0.717) is 12.2 Å². The quantitative estimate of drug-likeness (QED) is 0.218. The smallest absolute Gasteiger partial charge is 0.264 e. The molecule has 0 saturated carbocycles. The first-order valence-corrected chi connectivity index (χ1v) is 15.1. The Hall–Kier alpha value is -2.92. The van der Waals surface area contributed by atoms with Crippen LogP contribution in [0.2, 0.25) is 0 Å². The summed E-state index contributed by atoms with van der Waals surface area (Å²) in [7, 11) is -4.06. The number of hydrogen-bond acceptors (Lipinski definition) is 4. The number of nitrogens with zero attached hydrogens (tertiary/aromatic N) is 2. The molecule has 0 aliphatic rings. The molecule has 38 heavy (non-hydrogen) atoms. The lowest BCUT2D eigenvalue weighted by molar-refractivity contribution is -0.139. The Kier molecular flexibility index (Phi) is 10.7. The van der Waals surface area contributed by atoms with Crippen LogP contribution in [0.25, 0.3) is 0 Å². The minimum atomic E-state index is -4.06. The molecule has 0 fully saturated rings. The molecule has 2 amide bonds. The summed E-state index contributed by atoms with van der Waals surface area (Å²) in [5, 5.41) is 2.90. The third-order valence-corrected chi connectivity index (χ3v) is 8.83. The number of amides is 2. The SMILES string of the molecule is CCCCNC(=O)[C@@H](C)N(Cc1ccccc1C)C(=O)CN(c1ccc(I)cc1)S(=O)(=O)c1ccccc1. The van der Waals surface area contributed by atoms with Gasteiger partial charge in [0.2, 0.25) is 11.8 Å². The van der Waals surface area contributed by atoms with Gasteiger partial charge in [-0.25, -0.2) is 8.42 Å². The molecular weight excluding hydrogens is 613 g/mol. The Bertz CT molecular complexity index is 1330. The van der Waals surface area contributed by atoms with Crippen LogP contribution >= 0.6 is 22.6 Å². The van der Waals surface area contributed by atoms with Crippen LogP contribution in [0.1, 0.15) is 37.8 Å². The summed E-state index contributed by atoms with van der Waals surface area (Å²) < 4.78 is 29.5. The van der Waals surface area contributed by atoms with Crippen LogP contribution in [0.3, 0.4) is 0 Å². The topological polar surface area (TPSA) is 86.8 Å². The van der Waals surface area contributed by atoms with E-state index >= 15 is 0 Å². The number of carbonyl (C=O) groups is 2. The molecule has 0 aromatic heterocycles. The van der Waals surface area contributed by atoms with Crippen LogP contribution in [-0.4, -0.2) is 44.3 Å². The molecule has 202 valence electrons. The molecule has 0 aliphatic heterocycles. The van der Waals surface area contributed by atoms with Crippen molar-refractivity contribution in [2.45, 2.75) is 51.1 Å². The molecule has 1 atom stereocenters. The van der Waals surface area contributed by atoms with Crippen LogP contribution in [0, 0.1) is 10.5 Å². The summed E-state index contributed by atoms with van der Waals surface area (Å²) in [6.45, 7) is 5.91. The normalized spacial score (nSPS) is 12.0. The van der Waals surface area contributed by atoms with Crippen molar-refractivity contribution in [3.05, 3.63) is 93.6 Å². The zero-order valence-corrected chi connectivity index (χ0v) is 24.9. The number of aryl methyl sites for hydroxylation is 1. The average molecular weight is 648 g/mol. The summed E-state index contributed by atoms with van der Waals surface area (Å²) in [6, 6.07) is 21.9. The van der Waals surface area contributed by atoms with Gasteiger partial charge in [0.15, 0.2) is 0 Å². The summed E-state index contributed by atoms with van der Waals surface area (Å²) in [5.74, 6) is -0.739. The Morgan fingerprint density at radius 2 is 1.58 bits per heavy atom. The van der Waals surface area contributed by atoms with Crippen LogP contribution in [-0.2, 0) is 26.2 Å². The van der Waals surface area contributed by atoms with Crippen LogP contribution in [0.15, 0.2) is 83.8 Å². The minimum absolute atomic E-state index is 0.0853. The Balaban J connectivity index is 1.99. The molecule has 0 heterocycles. The molecule has 0 bridgehead atoms. The number of anilines is 1. The summed E-state index contributed by atoms with van der Waals surface area (Å²) >= 11 is 2.15. The molecule has 0 aliphatic carbocycles. The van der Waals surface area contributed by atoms with Gasteiger partial charge in [-0.3, -0.25) is 13.9 Å². The maximum absolute atomic E-state index is 13.9. The molecule has 7 nitrogen and oxygen atoms in total. The van der Waals surface area contributed by atoms with Crippen molar-refractivity contribution >= 4 is 50.1 Å². The van der Waals surface area contributed by atoms with E-state index < -0.39 is 28.5 Å². The predicted octanol–water partition coefficient (Wildman–Crippen LogP) is 5.13. The van der Waals surface area contributed by atoms with Gasteiger partial charge < -0.3 is 10.2 Å².